The summed E-state index contributed by atoms with van der Waals surface area (Å²) in [5.41, 5.74) is 1.76. The van der Waals surface area contributed by atoms with Crippen LogP contribution in [0, 0.1) is 11.6 Å². The quantitative estimate of drug-likeness (QED) is 0.593. The molecule has 3 aromatic rings. The van der Waals surface area contributed by atoms with E-state index in [1.807, 2.05) is 0 Å². The van der Waals surface area contributed by atoms with E-state index in [1.165, 1.54) is 18.3 Å². The van der Waals surface area contributed by atoms with Gasteiger partial charge in [0.25, 0.3) is 0 Å². The van der Waals surface area contributed by atoms with Gasteiger partial charge in [-0.15, -0.1) is 11.3 Å². The zero-order valence-corrected chi connectivity index (χ0v) is 14.8. The van der Waals surface area contributed by atoms with Crippen LogP contribution in [0.2, 0.25) is 0 Å². The summed E-state index contributed by atoms with van der Waals surface area (Å²) in [7, 11) is 0. The molecule has 0 bridgehead atoms. The summed E-state index contributed by atoms with van der Waals surface area (Å²) in [5.74, 6) is -1.17. The maximum absolute atomic E-state index is 13.8. The minimum Gasteiger partial charge on any atom is -0.300 e. The number of thiazole rings is 1. The van der Waals surface area contributed by atoms with Gasteiger partial charge in [0, 0.05) is 22.9 Å². The largest absolute Gasteiger partial charge is 0.300 e. The molecule has 0 spiro atoms. The minimum atomic E-state index is -0.560. The summed E-state index contributed by atoms with van der Waals surface area (Å²) in [5, 5.41) is 2.14. The average Bonchev–Trinajstić information content (AvgIpc) is 3.05. The second-order valence-corrected chi connectivity index (χ2v) is 6.87. The summed E-state index contributed by atoms with van der Waals surface area (Å²) < 4.78 is 27.1. The molecule has 0 saturated carbocycles. The number of ketones is 2. The lowest BCUT2D eigenvalue weighted by Gasteiger charge is -2.02. The van der Waals surface area contributed by atoms with Gasteiger partial charge in [0.05, 0.1) is 12.1 Å². The highest BCUT2D eigenvalue weighted by molar-refractivity contribution is 7.10. The predicted octanol–water partition coefficient (Wildman–Crippen LogP) is 4.65. The summed E-state index contributed by atoms with van der Waals surface area (Å²) in [6.07, 6.45) is 0.414. The van der Waals surface area contributed by atoms with Gasteiger partial charge in [-0.05, 0) is 30.7 Å². The molecule has 3 rings (SSSR count). The molecule has 1 aromatic heterocycles. The van der Waals surface area contributed by atoms with E-state index in [1.54, 1.807) is 29.6 Å². The van der Waals surface area contributed by atoms with E-state index in [2.05, 4.69) is 4.98 Å². The molecule has 3 nitrogen and oxygen atoms in total. The summed E-state index contributed by atoms with van der Waals surface area (Å²) in [6.45, 7) is 1.51. The van der Waals surface area contributed by atoms with E-state index in [9.17, 15) is 18.4 Å². The lowest BCUT2D eigenvalue weighted by atomic mass is 10.0. The molecule has 0 radical (unpaired) electrons. The van der Waals surface area contributed by atoms with Gasteiger partial charge in [0.1, 0.15) is 22.4 Å². The third-order valence-corrected chi connectivity index (χ3v) is 4.65. The highest BCUT2D eigenvalue weighted by Gasteiger charge is 2.14. The first-order valence-corrected chi connectivity index (χ1v) is 8.82. The average molecular weight is 371 g/mol. The molecule has 1 heterocycles. The number of carbonyl (C=O) groups excluding carboxylic acids is 2. The van der Waals surface area contributed by atoms with E-state index in [4.69, 9.17) is 0 Å². The van der Waals surface area contributed by atoms with Crippen molar-refractivity contribution < 1.29 is 18.4 Å². The third kappa shape index (κ3) is 4.26. The molecule has 0 saturated heterocycles. The van der Waals surface area contributed by atoms with Gasteiger partial charge in [-0.1, -0.05) is 24.3 Å². The van der Waals surface area contributed by atoms with Crippen LogP contribution in [-0.4, -0.2) is 16.6 Å². The fraction of sp³-hybridized carbons (Fsp3) is 0.150. The van der Waals surface area contributed by atoms with Crippen LogP contribution in [0.15, 0.2) is 47.8 Å². The van der Waals surface area contributed by atoms with Gasteiger partial charge in [-0.3, -0.25) is 9.59 Å². The Morgan fingerprint density at radius 3 is 2.46 bits per heavy atom. The molecule has 132 valence electrons. The Hall–Kier alpha value is -2.73. The summed E-state index contributed by atoms with van der Waals surface area (Å²) >= 11 is 1.23. The fourth-order valence-corrected chi connectivity index (χ4v) is 3.34. The van der Waals surface area contributed by atoms with Gasteiger partial charge in [0.2, 0.25) is 0 Å². The molecule has 2 aromatic carbocycles. The lowest BCUT2D eigenvalue weighted by Crippen LogP contribution is -2.04. The second kappa shape index (κ2) is 7.66. The van der Waals surface area contributed by atoms with Crippen molar-refractivity contribution in [3.8, 4) is 11.3 Å². The van der Waals surface area contributed by atoms with Crippen LogP contribution in [0.3, 0.4) is 0 Å². The number of benzene rings is 2. The molecular weight excluding hydrogens is 356 g/mol. The van der Waals surface area contributed by atoms with Crippen molar-refractivity contribution in [2.75, 3.05) is 0 Å². The van der Waals surface area contributed by atoms with Crippen LogP contribution < -0.4 is 0 Å². The molecule has 0 fully saturated rings. The van der Waals surface area contributed by atoms with Crippen LogP contribution in [0.1, 0.15) is 27.9 Å². The minimum absolute atomic E-state index is 0.0592. The van der Waals surface area contributed by atoms with Crippen LogP contribution in [0.4, 0.5) is 8.78 Å². The summed E-state index contributed by atoms with van der Waals surface area (Å²) in [6, 6.07) is 10.1. The van der Waals surface area contributed by atoms with Gasteiger partial charge in [-0.2, -0.15) is 0 Å². The molecule has 0 aliphatic rings. The maximum Gasteiger partial charge on any atom is 0.169 e. The Labute approximate surface area is 153 Å². The molecule has 0 N–H and O–H groups in total. The van der Waals surface area contributed by atoms with Crippen LogP contribution in [0.25, 0.3) is 11.3 Å². The first-order chi connectivity index (χ1) is 12.4. The first kappa shape index (κ1) is 18.1. The highest BCUT2D eigenvalue weighted by atomic mass is 32.1. The fourth-order valence-electron chi connectivity index (χ4n) is 2.54. The van der Waals surface area contributed by atoms with Gasteiger partial charge in [-0.25, -0.2) is 13.8 Å². The van der Waals surface area contributed by atoms with E-state index in [0.717, 1.165) is 23.8 Å². The standard InChI is InChI=1S/C20H15F2NO2S/c1-12(24)8-13-2-4-14(5-3-13)19(25)10-20-23-18(11-26-20)16-9-15(21)6-7-17(16)22/h2-7,9,11H,8,10H2,1H3. The number of carbonyl (C=O) groups is 2. The van der Waals surface area contributed by atoms with Crippen LogP contribution in [-0.2, 0) is 17.6 Å². The highest BCUT2D eigenvalue weighted by Crippen LogP contribution is 2.26. The zero-order chi connectivity index (χ0) is 18.7. The molecule has 0 amide bonds. The maximum atomic E-state index is 13.8. The molecule has 0 aliphatic carbocycles. The number of nitrogens with zero attached hydrogens (tertiary/aromatic N) is 1. The zero-order valence-electron chi connectivity index (χ0n) is 14.0. The number of Topliss-reactive ketones (excluding diaryl/α,β-unsaturated/α-hetero) is 2. The molecule has 0 atom stereocenters. The normalized spacial score (nSPS) is 10.7. The Balaban J connectivity index is 1.73. The van der Waals surface area contributed by atoms with Gasteiger partial charge in [0.15, 0.2) is 5.78 Å². The lowest BCUT2D eigenvalue weighted by molar-refractivity contribution is -0.116. The molecule has 6 heteroatoms. The van der Waals surface area contributed by atoms with Gasteiger partial charge < -0.3 is 0 Å². The predicted molar refractivity (Wildman–Crippen MR) is 96.3 cm³/mol. The Morgan fingerprint density at radius 1 is 1.04 bits per heavy atom. The van der Waals surface area contributed by atoms with E-state index >= 15 is 0 Å². The Morgan fingerprint density at radius 2 is 1.77 bits per heavy atom. The van der Waals surface area contributed by atoms with Crippen molar-refractivity contribution >= 4 is 22.9 Å². The number of aromatic nitrogens is 1. The molecular formula is C20H15F2NO2S. The van der Waals surface area contributed by atoms with Crippen molar-refractivity contribution in [2.45, 2.75) is 19.8 Å². The Kier molecular flexibility index (Phi) is 5.32. The molecule has 0 unspecified atom stereocenters. The number of hydrogen-bond acceptors (Lipinski definition) is 4. The van der Waals surface area contributed by atoms with E-state index in [-0.39, 0.29) is 23.6 Å². The number of rotatable bonds is 6. The number of halogens is 2. The van der Waals surface area contributed by atoms with Crippen molar-refractivity contribution in [1.82, 2.24) is 4.98 Å². The SMILES string of the molecule is CC(=O)Cc1ccc(C(=O)Cc2nc(-c3cc(F)ccc3F)cs2)cc1. The monoisotopic (exact) mass is 371 g/mol. The molecule has 0 aliphatic heterocycles. The van der Waals surface area contributed by atoms with Crippen molar-refractivity contribution in [2.24, 2.45) is 0 Å². The Bertz CT molecular complexity index is 964. The van der Waals surface area contributed by atoms with Crippen LogP contribution >= 0.6 is 11.3 Å². The van der Waals surface area contributed by atoms with E-state index in [0.29, 0.717) is 22.7 Å². The van der Waals surface area contributed by atoms with Gasteiger partial charge >= 0.3 is 0 Å². The second-order valence-electron chi connectivity index (χ2n) is 5.93. The van der Waals surface area contributed by atoms with Crippen molar-refractivity contribution in [3.05, 3.63) is 75.6 Å². The topological polar surface area (TPSA) is 47.0 Å². The summed E-state index contributed by atoms with van der Waals surface area (Å²) in [4.78, 5) is 27.7. The smallest absolute Gasteiger partial charge is 0.169 e. The van der Waals surface area contributed by atoms with Crippen molar-refractivity contribution in [3.63, 3.8) is 0 Å². The van der Waals surface area contributed by atoms with Crippen molar-refractivity contribution in [1.29, 1.82) is 0 Å². The third-order valence-electron chi connectivity index (χ3n) is 3.80. The van der Waals surface area contributed by atoms with Crippen LogP contribution in [0.5, 0.6) is 0 Å². The first-order valence-electron chi connectivity index (χ1n) is 7.94. The van der Waals surface area contributed by atoms with E-state index < -0.39 is 11.6 Å². The molecule has 26 heavy (non-hydrogen) atoms. The number of hydrogen-bond donors (Lipinski definition) is 0.